The van der Waals surface area contributed by atoms with E-state index in [1.54, 1.807) is 7.11 Å². The van der Waals surface area contributed by atoms with Gasteiger partial charge in [0, 0.05) is 7.11 Å². The Hall–Kier alpha value is -1.06. The molecule has 3 heteroatoms. The van der Waals surface area contributed by atoms with Crippen molar-refractivity contribution in [3.63, 3.8) is 0 Å². The highest BCUT2D eigenvalue weighted by Crippen LogP contribution is 2.34. The van der Waals surface area contributed by atoms with Gasteiger partial charge in [-0.05, 0) is 43.4 Å². The quantitative estimate of drug-likeness (QED) is 0.862. The Labute approximate surface area is 121 Å². The van der Waals surface area contributed by atoms with E-state index < -0.39 is 6.10 Å². The summed E-state index contributed by atoms with van der Waals surface area (Å²) in [5.74, 6) is 1.31. The summed E-state index contributed by atoms with van der Waals surface area (Å²) < 4.78 is 11.0. The van der Waals surface area contributed by atoms with Crippen LogP contribution in [-0.4, -0.2) is 24.9 Å². The van der Waals surface area contributed by atoms with Crippen LogP contribution in [0.15, 0.2) is 24.3 Å². The summed E-state index contributed by atoms with van der Waals surface area (Å²) in [5, 5.41) is 10.6. The summed E-state index contributed by atoms with van der Waals surface area (Å²) >= 11 is 0. The van der Waals surface area contributed by atoms with Crippen molar-refractivity contribution in [3.8, 4) is 5.75 Å². The van der Waals surface area contributed by atoms with Gasteiger partial charge in [0.25, 0.3) is 0 Å². The predicted molar refractivity (Wildman–Crippen MR) is 79.9 cm³/mol. The molecular weight excluding hydrogens is 252 g/mol. The molecule has 2 unspecified atom stereocenters. The van der Waals surface area contributed by atoms with Crippen LogP contribution in [0.4, 0.5) is 0 Å². The first-order valence-corrected chi connectivity index (χ1v) is 7.70. The third-order valence-electron chi connectivity index (χ3n) is 4.23. The molecule has 2 atom stereocenters. The van der Waals surface area contributed by atoms with E-state index in [9.17, 15) is 5.11 Å². The van der Waals surface area contributed by atoms with Crippen molar-refractivity contribution >= 4 is 0 Å². The molecule has 20 heavy (non-hydrogen) atoms. The first kappa shape index (κ1) is 15.3. The van der Waals surface area contributed by atoms with Crippen LogP contribution in [0.2, 0.25) is 0 Å². The third-order valence-corrected chi connectivity index (χ3v) is 4.23. The molecule has 3 nitrogen and oxygen atoms in total. The van der Waals surface area contributed by atoms with Gasteiger partial charge < -0.3 is 14.6 Å². The van der Waals surface area contributed by atoms with E-state index in [1.165, 1.54) is 19.3 Å². The number of hydrogen-bond acceptors (Lipinski definition) is 3. The Kier molecular flexibility index (Phi) is 5.86. The molecule has 1 aliphatic carbocycles. The van der Waals surface area contributed by atoms with Crippen LogP contribution in [0, 0.1) is 5.92 Å². The van der Waals surface area contributed by atoms with Gasteiger partial charge in [-0.2, -0.15) is 0 Å². The summed E-state index contributed by atoms with van der Waals surface area (Å²) in [4.78, 5) is 0. The molecule has 0 radical (unpaired) electrons. The second kappa shape index (κ2) is 7.65. The molecule has 0 heterocycles. The van der Waals surface area contributed by atoms with Gasteiger partial charge in [0.2, 0.25) is 0 Å². The molecule has 0 bridgehead atoms. The molecule has 0 spiro atoms. The van der Waals surface area contributed by atoms with Gasteiger partial charge in [-0.25, -0.2) is 0 Å². The van der Waals surface area contributed by atoms with Crippen molar-refractivity contribution in [1.82, 2.24) is 0 Å². The molecule has 2 rings (SSSR count). The van der Waals surface area contributed by atoms with Gasteiger partial charge in [-0.3, -0.25) is 0 Å². The van der Waals surface area contributed by atoms with Crippen molar-refractivity contribution in [2.75, 3.05) is 13.7 Å². The maximum absolute atomic E-state index is 10.6. The van der Waals surface area contributed by atoms with E-state index in [0.717, 1.165) is 24.2 Å². The lowest BCUT2D eigenvalue weighted by Gasteiger charge is -2.32. The van der Waals surface area contributed by atoms with E-state index in [2.05, 4.69) is 0 Å². The maximum atomic E-state index is 10.6. The van der Waals surface area contributed by atoms with Gasteiger partial charge >= 0.3 is 0 Å². The lowest BCUT2D eigenvalue weighted by atomic mass is 9.82. The summed E-state index contributed by atoms with van der Waals surface area (Å²) in [7, 11) is 1.71. The fraction of sp³-hybridized carbons (Fsp3) is 0.647. The van der Waals surface area contributed by atoms with Gasteiger partial charge in [-0.1, -0.05) is 31.4 Å². The van der Waals surface area contributed by atoms with Gasteiger partial charge in [0.15, 0.2) is 0 Å². The summed E-state index contributed by atoms with van der Waals surface area (Å²) in [6, 6.07) is 7.69. The largest absolute Gasteiger partial charge is 0.494 e. The number of ether oxygens (including phenoxy) is 2. The number of methoxy groups -OCH3 is 1. The molecule has 0 aromatic heterocycles. The highest BCUT2D eigenvalue weighted by molar-refractivity contribution is 5.29. The minimum atomic E-state index is -0.557. The first-order valence-electron chi connectivity index (χ1n) is 7.70. The van der Waals surface area contributed by atoms with E-state index >= 15 is 0 Å². The molecule has 112 valence electrons. The number of benzene rings is 1. The van der Waals surface area contributed by atoms with Crippen LogP contribution in [-0.2, 0) is 4.74 Å². The average molecular weight is 278 g/mol. The third kappa shape index (κ3) is 3.74. The summed E-state index contributed by atoms with van der Waals surface area (Å²) in [5.41, 5.74) is 0.908. The number of hydrogen-bond donors (Lipinski definition) is 1. The van der Waals surface area contributed by atoms with Crippen LogP contribution < -0.4 is 4.74 Å². The molecule has 1 saturated carbocycles. The Morgan fingerprint density at radius 2 is 1.80 bits per heavy atom. The van der Waals surface area contributed by atoms with Crippen LogP contribution >= 0.6 is 0 Å². The number of rotatable bonds is 6. The SMILES string of the molecule is CCOc1ccc(C(O)C(OC)C2CCCCC2)cc1. The monoisotopic (exact) mass is 278 g/mol. The minimum absolute atomic E-state index is 0.103. The molecule has 1 fully saturated rings. The van der Waals surface area contributed by atoms with Crippen molar-refractivity contribution in [3.05, 3.63) is 29.8 Å². The van der Waals surface area contributed by atoms with Crippen molar-refractivity contribution in [2.45, 2.75) is 51.2 Å². The van der Waals surface area contributed by atoms with Gasteiger partial charge in [-0.15, -0.1) is 0 Å². The van der Waals surface area contributed by atoms with Crippen molar-refractivity contribution in [2.24, 2.45) is 5.92 Å². The highest BCUT2D eigenvalue weighted by Gasteiger charge is 2.30. The van der Waals surface area contributed by atoms with E-state index in [0.29, 0.717) is 12.5 Å². The number of aliphatic hydroxyl groups excluding tert-OH is 1. The Morgan fingerprint density at radius 1 is 1.15 bits per heavy atom. The van der Waals surface area contributed by atoms with Crippen LogP contribution in [0.5, 0.6) is 5.75 Å². The highest BCUT2D eigenvalue weighted by atomic mass is 16.5. The fourth-order valence-electron chi connectivity index (χ4n) is 3.16. The van der Waals surface area contributed by atoms with Crippen LogP contribution in [0.25, 0.3) is 0 Å². The summed E-state index contributed by atoms with van der Waals surface area (Å²) in [6.07, 6.45) is 5.47. The Bertz CT molecular complexity index is 382. The predicted octanol–water partition coefficient (Wildman–Crippen LogP) is 3.71. The normalized spacial score (nSPS) is 19.6. The Morgan fingerprint density at radius 3 is 2.35 bits per heavy atom. The molecule has 1 aromatic carbocycles. The minimum Gasteiger partial charge on any atom is -0.494 e. The van der Waals surface area contributed by atoms with E-state index in [4.69, 9.17) is 9.47 Å². The second-order valence-corrected chi connectivity index (χ2v) is 5.55. The molecule has 1 aromatic rings. The summed E-state index contributed by atoms with van der Waals surface area (Å²) in [6.45, 7) is 2.62. The second-order valence-electron chi connectivity index (χ2n) is 5.55. The molecule has 1 aliphatic rings. The molecule has 0 aliphatic heterocycles. The topological polar surface area (TPSA) is 38.7 Å². The van der Waals surface area contributed by atoms with Crippen molar-refractivity contribution in [1.29, 1.82) is 0 Å². The first-order chi connectivity index (χ1) is 9.76. The zero-order valence-electron chi connectivity index (χ0n) is 12.5. The van der Waals surface area contributed by atoms with E-state index in [1.807, 2.05) is 31.2 Å². The molecular formula is C17H26O3. The molecule has 0 saturated heterocycles. The maximum Gasteiger partial charge on any atom is 0.119 e. The average Bonchev–Trinajstić information content (AvgIpc) is 2.50. The lowest BCUT2D eigenvalue weighted by molar-refractivity contribution is -0.0559. The standard InChI is InChI=1S/C17H26O3/c1-3-20-15-11-9-13(10-12-15)16(18)17(19-2)14-7-5-4-6-8-14/h9-12,14,16-18H,3-8H2,1-2H3. The van der Waals surface area contributed by atoms with Crippen LogP contribution in [0.3, 0.4) is 0 Å². The smallest absolute Gasteiger partial charge is 0.119 e. The van der Waals surface area contributed by atoms with E-state index in [-0.39, 0.29) is 6.10 Å². The fourth-order valence-corrected chi connectivity index (χ4v) is 3.16. The van der Waals surface area contributed by atoms with Crippen molar-refractivity contribution < 1.29 is 14.6 Å². The van der Waals surface area contributed by atoms with Gasteiger partial charge in [0.1, 0.15) is 11.9 Å². The van der Waals surface area contributed by atoms with Gasteiger partial charge in [0.05, 0.1) is 12.7 Å². The zero-order chi connectivity index (χ0) is 14.4. The lowest BCUT2D eigenvalue weighted by Crippen LogP contribution is -2.31. The van der Waals surface area contributed by atoms with Crippen LogP contribution in [0.1, 0.15) is 50.7 Å². The molecule has 1 N–H and O–H groups in total. The number of aliphatic hydroxyl groups is 1. The Balaban J connectivity index is 2.04. The molecule has 0 amide bonds. The zero-order valence-corrected chi connectivity index (χ0v) is 12.5.